The van der Waals surface area contributed by atoms with Crippen molar-refractivity contribution in [1.29, 1.82) is 0 Å². The van der Waals surface area contributed by atoms with E-state index in [1.54, 1.807) is 36.4 Å². The monoisotopic (exact) mass is 419 g/mol. The zero-order chi connectivity index (χ0) is 21.8. The molecule has 0 aromatic heterocycles. The summed E-state index contributed by atoms with van der Waals surface area (Å²) in [4.78, 5) is 35.6. The van der Waals surface area contributed by atoms with Crippen molar-refractivity contribution in [3.8, 4) is 11.5 Å². The second-order valence-corrected chi connectivity index (χ2v) is 6.68. The molecule has 2 amide bonds. The molecule has 1 heterocycles. The molecule has 0 saturated carbocycles. The van der Waals surface area contributed by atoms with Gasteiger partial charge in [0, 0.05) is 24.2 Å². The number of hydrogen-bond acceptors (Lipinski definition) is 6. The van der Waals surface area contributed by atoms with Crippen LogP contribution in [-0.4, -0.2) is 23.5 Å². The van der Waals surface area contributed by atoms with Crippen LogP contribution in [0.4, 0.5) is 11.4 Å². The molecule has 4 rings (SSSR count). The van der Waals surface area contributed by atoms with Crippen molar-refractivity contribution in [3.63, 3.8) is 0 Å². The highest BCUT2D eigenvalue weighted by Crippen LogP contribution is 2.32. The molecule has 0 fully saturated rings. The number of nitrogens with one attached hydrogen (secondary N) is 2. The summed E-state index contributed by atoms with van der Waals surface area (Å²) in [6.07, 6.45) is 0. The van der Waals surface area contributed by atoms with Crippen molar-refractivity contribution in [2.24, 2.45) is 0 Å². The molecule has 3 aromatic rings. The van der Waals surface area contributed by atoms with Crippen molar-refractivity contribution in [3.05, 3.63) is 93.5 Å². The number of fused-ring (bicyclic) bond motifs is 1. The standard InChI is InChI=1S/C22H17N3O6/c26-21(15-4-3-5-16(11-15)25(28)29)24-18-7-2-1-6-17(18)22(27)23-12-14-8-9-19-20(10-14)31-13-30-19/h1-11H,12-13H2,(H,23,27)(H,24,26). The molecule has 0 unspecified atom stereocenters. The van der Waals surface area contributed by atoms with E-state index in [-0.39, 0.29) is 36.1 Å². The Labute approximate surface area is 176 Å². The topological polar surface area (TPSA) is 120 Å². The van der Waals surface area contributed by atoms with Crippen LogP contribution in [0.15, 0.2) is 66.7 Å². The Morgan fingerprint density at radius 2 is 1.74 bits per heavy atom. The third kappa shape index (κ3) is 4.45. The highest BCUT2D eigenvalue weighted by Gasteiger charge is 2.17. The molecule has 0 bridgehead atoms. The number of rotatable bonds is 6. The van der Waals surface area contributed by atoms with Gasteiger partial charge in [0.1, 0.15) is 0 Å². The van der Waals surface area contributed by atoms with Crippen LogP contribution in [0.25, 0.3) is 0 Å². The van der Waals surface area contributed by atoms with Gasteiger partial charge >= 0.3 is 0 Å². The van der Waals surface area contributed by atoms with Crippen molar-refractivity contribution in [1.82, 2.24) is 5.32 Å². The van der Waals surface area contributed by atoms with Crippen LogP contribution in [0.1, 0.15) is 26.3 Å². The smallest absolute Gasteiger partial charge is 0.270 e. The third-order valence-electron chi connectivity index (χ3n) is 4.63. The van der Waals surface area contributed by atoms with Crippen LogP contribution >= 0.6 is 0 Å². The summed E-state index contributed by atoms with van der Waals surface area (Å²) in [5.41, 5.74) is 1.31. The van der Waals surface area contributed by atoms with E-state index in [4.69, 9.17) is 9.47 Å². The summed E-state index contributed by atoms with van der Waals surface area (Å²) < 4.78 is 10.6. The lowest BCUT2D eigenvalue weighted by Crippen LogP contribution is -2.24. The number of ether oxygens (including phenoxy) is 2. The quantitative estimate of drug-likeness (QED) is 0.466. The van der Waals surface area contributed by atoms with E-state index >= 15 is 0 Å². The van der Waals surface area contributed by atoms with Gasteiger partial charge in [0.2, 0.25) is 6.79 Å². The van der Waals surface area contributed by atoms with Gasteiger partial charge in [0.05, 0.1) is 16.2 Å². The number of benzene rings is 3. The second kappa shape index (κ2) is 8.54. The van der Waals surface area contributed by atoms with Crippen molar-refractivity contribution >= 4 is 23.2 Å². The van der Waals surface area contributed by atoms with E-state index in [1.807, 2.05) is 6.07 Å². The molecule has 1 aliphatic rings. The van der Waals surface area contributed by atoms with Crippen molar-refractivity contribution in [2.45, 2.75) is 6.54 Å². The van der Waals surface area contributed by atoms with Gasteiger partial charge in [0.25, 0.3) is 17.5 Å². The summed E-state index contributed by atoms with van der Waals surface area (Å²) in [5, 5.41) is 16.4. The fraction of sp³-hybridized carbons (Fsp3) is 0.0909. The largest absolute Gasteiger partial charge is 0.454 e. The molecule has 0 saturated heterocycles. The van der Waals surface area contributed by atoms with E-state index < -0.39 is 10.8 Å². The fourth-order valence-electron chi connectivity index (χ4n) is 3.07. The number of non-ortho nitro benzene ring substituents is 1. The number of amides is 2. The number of nitro groups is 1. The maximum atomic E-state index is 12.7. The molecular weight excluding hydrogens is 402 g/mol. The Morgan fingerprint density at radius 1 is 0.935 bits per heavy atom. The molecule has 156 valence electrons. The predicted molar refractivity (Wildman–Crippen MR) is 111 cm³/mol. The first-order valence-electron chi connectivity index (χ1n) is 9.33. The highest BCUT2D eigenvalue weighted by molar-refractivity contribution is 6.09. The second-order valence-electron chi connectivity index (χ2n) is 6.68. The average molecular weight is 419 g/mol. The summed E-state index contributed by atoms with van der Waals surface area (Å²) in [5.74, 6) is 0.341. The Bertz CT molecular complexity index is 1180. The maximum Gasteiger partial charge on any atom is 0.270 e. The van der Waals surface area contributed by atoms with Crippen LogP contribution in [0.2, 0.25) is 0 Å². The maximum absolute atomic E-state index is 12.7. The van der Waals surface area contributed by atoms with Crippen molar-refractivity contribution < 1.29 is 24.0 Å². The third-order valence-corrected chi connectivity index (χ3v) is 4.63. The van der Waals surface area contributed by atoms with Gasteiger partial charge in [-0.05, 0) is 35.9 Å². The molecule has 0 spiro atoms. The number of para-hydroxylation sites is 1. The number of carbonyl (C=O) groups is 2. The minimum absolute atomic E-state index is 0.116. The minimum atomic E-state index is -0.575. The number of nitrogens with zero attached hydrogens (tertiary/aromatic N) is 1. The normalized spacial score (nSPS) is 11.6. The van der Waals surface area contributed by atoms with Crippen molar-refractivity contribution in [2.75, 3.05) is 12.1 Å². The van der Waals surface area contributed by atoms with E-state index in [9.17, 15) is 19.7 Å². The molecule has 0 aliphatic carbocycles. The number of nitro benzene ring substituents is 1. The Balaban J connectivity index is 1.46. The van der Waals surface area contributed by atoms with Crippen LogP contribution in [0.3, 0.4) is 0 Å². The molecule has 9 nitrogen and oxygen atoms in total. The molecule has 0 atom stereocenters. The number of hydrogen-bond donors (Lipinski definition) is 2. The number of carbonyl (C=O) groups excluding carboxylic acids is 2. The lowest BCUT2D eigenvalue weighted by molar-refractivity contribution is -0.384. The summed E-state index contributed by atoms with van der Waals surface area (Å²) in [7, 11) is 0. The average Bonchev–Trinajstić information content (AvgIpc) is 3.26. The SMILES string of the molecule is O=C(Nc1ccccc1C(=O)NCc1ccc2c(c1)OCO2)c1cccc([N+](=O)[O-])c1. The predicted octanol–water partition coefficient (Wildman–Crippen LogP) is 3.51. The summed E-state index contributed by atoms with van der Waals surface area (Å²) in [6.45, 7) is 0.422. The first-order valence-corrected chi connectivity index (χ1v) is 9.33. The van der Waals surface area contributed by atoms with E-state index in [2.05, 4.69) is 10.6 Å². The zero-order valence-electron chi connectivity index (χ0n) is 16.2. The molecule has 9 heteroatoms. The van der Waals surface area contributed by atoms with E-state index in [0.717, 1.165) is 5.56 Å². The van der Waals surface area contributed by atoms with Crippen LogP contribution in [-0.2, 0) is 6.54 Å². The van der Waals surface area contributed by atoms with Crippen LogP contribution in [0, 0.1) is 10.1 Å². The Morgan fingerprint density at radius 3 is 2.58 bits per heavy atom. The molecule has 2 N–H and O–H groups in total. The lowest BCUT2D eigenvalue weighted by atomic mass is 10.1. The molecule has 1 aliphatic heterocycles. The zero-order valence-corrected chi connectivity index (χ0v) is 16.2. The molecular formula is C22H17N3O6. The van der Waals surface area contributed by atoms with Gasteiger partial charge in [-0.15, -0.1) is 0 Å². The van der Waals surface area contributed by atoms with E-state index in [0.29, 0.717) is 17.2 Å². The Kier molecular flexibility index (Phi) is 5.48. The first-order chi connectivity index (χ1) is 15.0. The van der Waals surface area contributed by atoms with Gasteiger partial charge in [-0.2, -0.15) is 0 Å². The minimum Gasteiger partial charge on any atom is -0.454 e. The summed E-state index contributed by atoms with van der Waals surface area (Å²) in [6, 6.07) is 17.3. The Hall–Kier alpha value is -4.40. The lowest BCUT2D eigenvalue weighted by Gasteiger charge is -2.12. The van der Waals surface area contributed by atoms with Crippen LogP contribution < -0.4 is 20.1 Å². The molecule has 3 aromatic carbocycles. The van der Waals surface area contributed by atoms with Gasteiger partial charge in [0.15, 0.2) is 11.5 Å². The van der Waals surface area contributed by atoms with Gasteiger partial charge in [-0.1, -0.05) is 24.3 Å². The van der Waals surface area contributed by atoms with Crippen LogP contribution in [0.5, 0.6) is 11.5 Å². The van der Waals surface area contributed by atoms with E-state index in [1.165, 1.54) is 24.3 Å². The summed E-state index contributed by atoms with van der Waals surface area (Å²) >= 11 is 0. The number of anilines is 1. The van der Waals surface area contributed by atoms with Gasteiger partial charge in [-0.3, -0.25) is 19.7 Å². The van der Waals surface area contributed by atoms with Gasteiger partial charge < -0.3 is 20.1 Å². The highest BCUT2D eigenvalue weighted by atomic mass is 16.7. The molecule has 0 radical (unpaired) electrons. The fourth-order valence-corrected chi connectivity index (χ4v) is 3.07. The first kappa shape index (κ1) is 19.9. The molecule has 31 heavy (non-hydrogen) atoms. The van der Waals surface area contributed by atoms with Gasteiger partial charge in [-0.25, -0.2) is 0 Å².